The van der Waals surface area contributed by atoms with Crippen molar-refractivity contribution in [1.82, 2.24) is 0 Å². The molecule has 21 heavy (non-hydrogen) atoms. The molecule has 0 N–H and O–H groups in total. The lowest BCUT2D eigenvalue weighted by Crippen LogP contribution is -2.48. The van der Waals surface area contributed by atoms with Crippen LogP contribution in [0, 0.1) is 0 Å². The fraction of sp³-hybridized carbons (Fsp3) is 0.571. The molecule has 0 unspecified atom stereocenters. The number of hydrogen-bond acceptors (Lipinski definition) is 3. The van der Waals surface area contributed by atoms with Crippen LogP contribution in [0.25, 0.3) is 0 Å². The lowest BCUT2D eigenvalue weighted by molar-refractivity contribution is -0.137. The molecule has 7 heteroatoms. The highest BCUT2D eigenvalue weighted by atomic mass is 28.4. The van der Waals surface area contributed by atoms with Gasteiger partial charge in [-0.3, -0.25) is 0 Å². The van der Waals surface area contributed by atoms with Gasteiger partial charge in [0.15, 0.2) is 0 Å². The van der Waals surface area contributed by atoms with Gasteiger partial charge in [0.1, 0.15) is 0 Å². The van der Waals surface area contributed by atoms with Crippen LogP contribution < -0.4 is 0 Å². The summed E-state index contributed by atoms with van der Waals surface area (Å²) in [5.74, 6) is 0. The van der Waals surface area contributed by atoms with Crippen LogP contribution in [0.15, 0.2) is 24.3 Å². The van der Waals surface area contributed by atoms with Crippen molar-refractivity contribution in [2.75, 3.05) is 19.8 Å². The number of halogens is 3. The minimum Gasteiger partial charge on any atom is -0.374 e. The van der Waals surface area contributed by atoms with Crippen LogP contribution >= 0.6 is 0 Å². The van der Waals surface area contributed by atoms with Crippen molar-refractivity contribution in [3.8, 4) is 0 Å². The quantitative estimate of drug-likeness (QED) is 0.681. The average Bonchev–Trinajstić information content (AvgIpc) is 2.39. The van der Waals surface area contributed by atoms with E-state index in [2.05, 4.69) is 0 Å². The maximum Gasteiger partial charge on any atom is 0.505 e. The molecule has 0 aliphatic carbocycles. The Morgan fingerprint density at radius 3 is 1.62 bits per heavy atom. The molecular formula is C14H21F3O3Si. The third-order valence-electron chi connectivity index (χ3n) is 2.79. The molecule has 0 aliphatic rings. The maximum atomic E-state index is 12.6. The van der Waals surface area contributed by atoms with Crippen LogP contribution in [-0.2, 0) is 25.5 Å². The molecule has 0 heterocycles. The third-order valence-corrected chi connectivity index (χ3v) is 5.82. The second-order valence-electron chi connectivity index (χ2n) is 4.35. The molecule has 0 saturated carbocycles. The van der Waals surface area contributed by atoms with Crippen molar-refractivity contribution in [3.63, 3.8) is 0 Å². The first-order chi connectivity index (χ1) is 9.87. The Bertz CT molecular complexity index is 403. The molecule has 3 nitrogen and oxygen atoms in total. The first-order valence-corrected chi connectivity index (χ1v) is 8.88. The Balaban J connectivity index is 2.92. The van der Waals surface area contributed by atoms with Gasteiger partial charge in [-0.15, -0.1) is 0 Å². The largest absolute Gasteiger partial charge is 0.505 e. The van der Waals surface area contributed by atoms with Gasteiger partial charge in [-0.05, 0) is 38.5 Å². The van der Waals surface area contributed by atoms with E-state index in [-0.39, 0.29) is 0 Å². The van der Waals surface area contributed by atoms with Crippen LogP contribution in [0.4, 0.5) is 13.2 Å². The monoisotopic (exact) mass is 322 g/mol. The smallest absolute Gasteiger partial charge is 0.374 e. The van der Waals surface area contributed by atoms with Crippen LogP contribution in [0.1, 0.15) is 31.9 Å². The van der Waals surface area contributed by atoms with E-state index in [1.54, 1.807) is 0 Å². The SMILES string of the molecule is CCO[Si](Cc1ccc(C(F)(F)F)cc1)(OCC)OCC. The summed E-state index contributed by atoms with van der Waals surface area (Å²) in [5, 5.41) is 0. The van der Waals surface area contributed by atoms with Crippen molar-refractivity contribution in [1.29, 1.82) is 0 Å². The highest BCUT2D eigenvalue weighted by Gasteiger charge is 2.40. The van der Waals surface area contributed by atoms with Crippen molar-refractivity contribution >= 4 is 8.80 Å². The molecule has 120 valence electrons. The number of alkyl halides is 3. The molecule has 1 aromatic carbocycles. The Kier molecular flexibility index (Phi) is 6.86. The topological polar surface area (TPSA) is 27.7 Å². The predicted molar refractivity (Wildman–Crippen MR) is 75.8 cm³/mol. The zero-order valence-electron chi connectivity index (χ0n) is 12.5. The molecule has 0 amide bonds. The normalized spacial score (nSPS) is 12.7. The Morgan fingerprint density at radius 1 is 0.857 bits per heavy atom. The minimum atomic E-state index is -4.33. The van der Waals surface area contributed by atoms with Crippen LogP contribution in [-0.4, -0.2) is 28.6 Å². The van der Waals surface area contributed by atoms with E-state index in [9.17, 15) is 13.2 Å². The van der Waals surface area contributed by atoms with E-state index in [1.807, 2.05) is 20.8 Å². The summed E-state index contributed by atoms with van der Waals surface area (Å²) in [6, 6.07) is 5.39. The highest BCUT2D eigenvalue weighted by Crippen LogP contribution is 2.29. The van der Waals surface area contributed by atoms with Gasteiger partial charge in [-0.25, -0.2) is 0 Å². The first-order valence-electron chi connectivity index (χ1n) is 6.95. The van der Waals surface area contributed by atoms with E-state index in [4.69, 9.17) is 13.3 Å². The molecular weight excluding hydrogens is 301 g/mol. The zero-order chi connectivity index (χ0) is 15.9. The van der Waals surface area contributed by atoms with Crippen LogP contribution in [0.2, 0.25) is 0 Å². The fourth-order valence-corrected chi connectivity index (χ4v) is 4.61. The molecule has 0 fully saturated rings. The predicted octanol–water partition coefficient (Wildman–Crippen LogP) is 3.84. The van der Waals surface area contributed by atoms with Crippen molar-refractivity contribution in [3.05, 3.63) is 35.4 Å². The highest BCUT2D eigenvalue weighted by molar-refractivity contribution is 6.60. The molecule has 1 rings (SSSR count). The molecule has 0 aliphatic heterocycles. The minimum absolute atomic E-state index is 0.362. The number of rotatable bonds is 8. The summed E-state index contributed by atoms with van der Waals surface area (Å²) >= 11 is 0. The van der Waals surface area contributed by atoms with Gasteiger partial charge in [0.05, 0.1) is 5.56 Å². The van der Waals surface area contributed by atoms with E-state index in [0.717, 1.165) is 12.1 Å². The summed E-state index contributed by atoms with van der Waals surface area (Å²) < 4.78 is 54.7. The average molecular weight is 322 g/mol. The Labute approximate surface area is 124 Å². The van der Waals surface area contributed by atoms with E-state index >= 15 is 0 Å². The van der Waals surface area contributed by atoms with Crippen LogP contribution in [0.5, 0.6) is 0 Å². The molecule has 0 saturated heterocycles. The lowest BCUT2D eigenvalue weighted by atomic mass is 10.1. The summed E-state index contributed by atoms with van der Waals surface area (Å²) in [6.07, 6.45) is -4.33. The summed E-state index contributed by atoms with van der Waals surface area (Å²) in [4.78, 5) is 0. The molecule has 0 aromatic heterocycles. The molecule has 0 bridgehead atoms. The molecule has 0 spiro atoms. The molecule has 1 aromatic rings. The van der Waals surface area contributed by atoms with Gasteiger partial charge in [0, 0.05) is 25.9 Å². The van der Waals surface area contributed by atoms with E-state index in [0.29, 0.717) is 31.4 Å². The van der Waals surface area contributed by atoms with Crippen LogP contribution in [0.3, 0.4) is 0 Å². The van der Waals surface area contributed by atoms with Gasteiger partial charge in [0.25, 0.3) is 0 Å². The van der Waals surface area contributed by atoms with Gasteiger partial charge < -0.3 is 13.3 Å². The standard InChI is InChI=1S/C14H21F3O3Si/c1-4-18-21(19-5-2,20-6-3)11-12-7-9-13(10-8-12)14(15,16)17/h7-10H,4-6,11H2,1-3H3. The zero-order valence-corrected chi connectivity index (χ0v) is 13.5. The summed E-state index contributed by atoms with van der Waals surface area (Å²) in [7, 11) is -2.88. The van der Waals surface area contributed by atoms with E-state index in [1.165, 1.54) is 12.1 Å². The second kappa shape index (κ2) is 7.93. The Hall–Kier alpha value is -0.893. The van der Waals surface area contributed by atoms with Gasteiger partial charge in [-0.1, -0.05) is 12.1 Å². The number of benzene rings is 1. The van der Waals surface area contributed by atoms with Crippen molar-refractivity contribution in [2.45, 2.75) is 33.0 Å². The van der Waals surface area contributed by atoms with Crippen molar-refractivity contribution < 1.29 is 26.4 Å². The van der Waals surface area contributed by atoms with Gasteiger partial charge >= 0.3 is 15.0 Å². The maximum absolute atomic E-state index is 12.6. The Morgan fingerprint density at radius 2 is 1.29 bits per heavy atom. The third kappa shape index (κ3) is 5.42. The van der Waals surface area contributed by atoms with Gasteiger partial charge in [-0.2, -0.15) is 13.2 Å². The lowest BCUT2D eigenvalue weighted by Gasteiger charge is -2.28. The van der Waals surface area contributed by atoms with Gasteiger partial charge in [0.2, 0.25) is 0 Å². The second-order valence-corrected chi connectivity index (χ2v) is 6.94. The summed E-state index contributed by atoms with van der Waals surface area (Å²) in [5.41, 5.74) is 0.0489. The molecule has 0 atom stereocenters. The van der Waals surface area contributed by atoms with Crippen molar-refractivity contribution in [2.24, 2.45) is 0 Å². The molecule has 0 radical (unpaired) electrons. The number of hydrogen-bond donors (Lipinski definition) is 0. The fourth-order valence-electron chi connectivity index (χ4n) is 2.00. The van der Waals surface area contributed by atoms with E-state index < -0.39 is 20.5 Å². The first kappa shape index (κ1) is 18.2. The summed E-state index contributed by atoms with van der Waals surface area (Å²) in [6.45, 7) is 6.83.